The minimum Gasteiger partial charge on any atom is -0.481 e. The van der Waals surface area contributed by atoms with Gasteiger partial charge in [0, 0.05) is 21.2 Å². The van der Waals surface area contributed by atoms with Crippen LogP contribution >= 0.6 is 22.9 Å². The van der Waals surface area contributed by atoms with E-state index in [0.29, 0.717) is 26.4 Å². The monoisotopic (exact) mass is 362 g/mol. The number of thiazole rings is 1. The highest BCUT2D eigenvalue weighted by Crippen LogP contribution is 2.33. The zero-order chi connectivity index (χ0) is 17.1. The molecular weight excluding hydrogens is 351 g/mol. The van der Waals surface area contributed by atoms with Gasteiger partial charge in [-0.2, -0.15) is 0 Å². The third-order valence-corrected chi connectivity index (χ3v) is 4.45. The van der Waals surface area contributed by atoms with Crippen LogP contribution in [-0.2, 0) is 11.2 Å². The van der Waals surface area contributed by atoms with Crippen molar-refractivity contribution in [3.8, 4) is 11.3 Å². The van der Waals surface area contributed by atoms with Crippen LogP contribution in [0, 0.1) is 5.82 Å². The van der Waals surface area contributed by atoms with E-state index >= 15 is 0 Å². The van der Waals surface area contributed by atoms with E-state index in [1.807, 2.05) is 0 Å². The minimum absolute atomic E-state index is 0.124. The van der Waals surface area contributed by atoms with Crippen LogP contribution in [0.15, 0.2) is 48.5 Å². The van der Waals surface area contributed by atoms with Crippen molar-refractivity contribution in [1.82, 2.24) is 4.98 Å². The third-order valence-electron chi connectivity index (χ3n) is 3.22. The van der Waals surface area contributed by atoms with Crippen LogP contribution in [0.25, 0.3) is 11.3 Å². The Labute approximate surface area is 146 Å². The van der Waals surface area contributed by atoms with E-state index in [4.69, 9.17) is 16.7 Å². The topological polar surface area (TPSA) is 62.2 Å². The number of carbonyl (C=O) groups is 1. The second-order valence-corrected chi connectivity index (χ2v) is 6.52. The lowest BCUT2D eigenvalue weighted by molar-refractivity contribution is -0.136. The lowest BCUT2D eigenvalue weighted by Crippen LogP contribution is -1.99. The number of hydrogen-bond acceptors (Lipinski definition) is 4. The molecule has 0 saturated heterocycles. The Kier molecular flexibility index (Phi) is 4.78. The molecule has 1 aromatic heterocycles. The molecule has 0 aliphatic heterocycles. The van der Waals surface area contributed by atoms with Gasteiger partial charge >= 0.3 is 5.97 Å². The van der Waals surface area contributed by atoms with Crippen LogP contribution in [0.1, 0.15) is 4.88 Å². The van der Waals surface area contributed by atoms with E-state index in [1.54, 1.807) is 36.4 Å². The summed E-state index contributed by atoms with van der Waals surface area (Å²) < 4.78 is 13.0. The Balaban J connectivity index is 1.94. The molecule has 0 saturated carbocycles. The first-order valence-corrected chi connectivity index (χ1v) is 8.21. The molecule has 0 bridgehead atoms. The number of aliphatic carboxylic acids is 1. The maximum absolute atomic E-state index is 13.0. The van der Waals surface area contributed by atoms with Crippen LogP contribution in [0.2, 0.25) is 5.02 Å². The van der Waals surface area contributed by atoms with Crippen molar-refractivity contribution in [2.45, 2.75) is 6.42 Å². The lowest BCUT2D eigenvalue weighted by Gasteiger charge is -2.01. The molecule has 0 radical (unpaired) electrons. The van der Waals surface area contributed by atoms with Gasteiger partial charge in [-0.05, 0) is 36.4 Å². The minimum atomic E-state index is -0.929. The van der Waals surface area contributed by atoms with Crippen LogP contribution < -0.4 is 5.32 Å². The molecular formula is C17H12ClFN2O2S. The average molecular weight is 363 g/mol. The van der Waals surface area contributed by atoms with Crippen molar-refractivity contribution >= 4 is 39.7 Å². The summed E-state index contributed by atoms with van der Waals surface area (Å²) in [5.74, 6) is -1.25. The molecule has 1 heterocycles. The molecule has 0 aliphatic carbocycles. The molecule has 0 unspecified atom stereocenters. The number of benzene rings is 2. The molecule has 24 heavy (non-hydrogen) atoms. The molecule has 122 valence electrons. The normalized spacial score (nSPS) is 10.6. The Morgan fingerprint density at radius 3 is 2.46 bits per heavy atom. The number of nitrogens with one attached hydrogen (secondary N) is 1. The highest BCUT2D eigenvalue weighted by atomic mass is 35.5. The third kappa shape index (κ3) is 3.90. The summed E-state index contributed by atoms with van der Waals surface area (Å²) >= 11 is 7.15. The van der Waals surface area contributed by atoms with E-state index in [9.17, 15) is 9.18 Å². The van der Waals surface area contributed by atoms with Gasteiger partial charge in [0.1, 0.15) is 5.82 Å². The van der Waals surface area contributed by atoms with Crippen molar-refractivity contribution in [2.75, 3.05) is 5.32 Å². The summed E-state index contributed by atoms with van der Waals surface area (Å²) in [6.45, 7) is 0. The summed E-state index contributed by atoms with van der Waals surface area (Å²) in [6.07, 6.45) is -0.124. The van der Waals surface area contributed by atoms with Gasteiger partial charge in [0.05, 0.1) is 12.1 Å². The Hall–Kier alpha value is -2.44. The van der Waals surface area contributed by atoms with Gasteiger partial charge in [-0.1, -0.05) is 23.7 Å². The highest BCUT2D eigenvalue weighted by Gasteiger charge is 2.16. The average Bonchev–Trinajstić information content (AvgIpc) is 2.92. The maximum Gasteiger partial charge on any atom is 0.308 e. The van der Waals surface area contributed by atoms with E-state index in [1.165, 1.54) is 23.5 Å². The summed E-state index contributed by atoms with van der Waals surface area (Å²) in [5.41, 5.74) is 2.07. The van der Waals surface area contributed by atoms with Crippen LogP contribution in [-0.4, -0.2) is 16.1 Å². The first kappa shape index (κ1) is 16.4. The molecule has 2 aromatic carbocycles. The fraction of sp³-hybridized carbons (Fsp3) is 0.0588. The van der Waals surface area contributed by atoms with Gasteiger partial charge in [0.25, 0.3) is 0 Å². The highest BCUT2D eigenvalue weighted by molar-refractivity contribution is 7.16. The zero-order valence-corrected chi connectivity index (χ0v) is 13.9. The Morgan fingerprint density at radius 1 is 1.17 bits per heavy atom. The predicted molar refractivity (Wildman–Crippen MR) is 93.6 cm³/mol. The number of carboxylic acids is 1. The first-order valence-electron chi connectivity index (χ1n) is 7.01. The van der Waals surface area contributed by atoms with Gasteiger partial charge < -0.3 is 10.4 Å². The standard InChI is InChI=1S/C17H12ClFN2O2S/c18-11-3-1-10(2-4-11)16-14(9-15(22)23)24-17(21-16)20-13-7-5-12(19)6-8-13/h1-8H,9H2,(H,20,21)(H,22,23). The van der Waals surface area contributed by atoms with E-state index < -0.39 is 5.97 Å². The fourth-order valence-corrected chi connectivity index (χ4v) is 3.27. The number of aromatic nitrogens is 1. The summed E-state index contributed by atoms with van der Waals surface area (Å²) in [6, 6.07) is 12.9. The van der Waals surface area contributed by atoms with Crippen molar-refractivity contribution < 1.29 is 14.3 Å². The molecule has 0 amide bonds. The van der Waals surface area contributed by atoms with Gasteiger partial charge in [-0.15, -0.1) is 11.3 Å². The number of anilines is 2. The number of nitrogens with zero attached hydrogens (tertiary/aromatic N) is 1. The summed E-state index contributed by atoms with van der Waals surface area (Å²) in [5, 5.41) is 13.3. The van der Waals surface area contributed by atoms with Crippen LogP contribution in [0.3, 0.4) is 0 Å². The molecule has 3 rings (SSSR count). The van der Waals surface area contributed by atoms with Gasteiger partial charge in [-0.3, -0.25) is 4.79 Å². The van der Waals surface area contributed by atoms with Crippen molar-refractivity contribution in [1.29, 1.82) is 0 Å². The maximum atomic E-state index is 13.0. The molecule has 7 heteroatoms. The Morgan fingerprint density at radius 2 is 1.83 bits per heavy atom. The number of carboxylic acid groups (broad SMARTS) is 1. The van der Waals surface area contributed by atoms with Gasteiger partial charge in [-0.25, -0.2) is 9.37 Å². The van der Waals surface area contributed by atoms with Gasteiger partial charge in [0.2, 0.25) is 0 Å². The summed E-state index contributed by atoms with van der Waals surface area (Å²) in [4.78, 5) is 16.2. The van der Waals surface area contributed by atoms with E-state index in [0.717, 1.165) is 5.56 Å². The van der Waals surface area contributed by atoms with Crippen molar-refractivity contribution in [2.24, 2.45) is 0 Å². The molecule has 0 spiro atoms. The van der Waals surface area contributed by atoms with Crippen LogP contribution in [0.4, 0.5) is 15.2 Å². The lowest BCUT2D eigenvalue weighted by atomic mass is 10.1. The fourth-order valence-electron chi connectivity index (χ4n) is 2.15. The van der Waals surface area contributed by atoms with E-state index in [2.05, 4.69) is 10.3 Å². The summed E-state index contributed by atoms with van der Waals surface area (Å²) in [7, 11) is 0. The molecule has 0 atom stereocenters. The second kappa shape index (κ2) is 6.98. The number of halogens is 2. The van der Waals surface area contributed by atoms with Gasteiger partial charge in [0.15, 0.2) is 5.13 Å². The zero-order valence-electron chi connectivity index (χ0n) is 12.3. The predicted octanol–water partition coefficient (Wildman–Crippen LogP) is 4.97. The molecule has 4 nitrogen and oxygen atoms in total. The Bertz CT molecular complexity index is 863. The second-order valence-electron chi connectivity index (χ2n) is 5.00. The SMILES string of the molecule is O=C(O)Cc1sc(Nc2ccc(F)cc2)nc1-c1ccc(Cl)cc1. The van der Waals surface area contributed by atoms with Crippen molar-refractivity contribution in [3.05, 3.63) is 64.2 Å². The quantitative estimate of drug-likeness (QED) is 0.672. The van der Waals surface area contributed by atoms with E-state index in [-0.39, 0.29) is 12.2 Å². The van der Waals surface area contributed by atoms with Crippen molar-refractivity contribution in [3.63, 3.8) is 0 Å². The number of rotatable bonds is 5. The smallest absolute Gasteiger partial charge is 0.308 e. The first-order chi connectivity index (χ1) is 11.5. The van der Waals surface area contributed by atoms with Crippen LogP contribution in [0.5, 0.6) is 0 Å². The number of hydrogen-bond donors (Lipinski definition) is 2. The largest absolute Gasteiger partial charge is 0.481 e. The molecule has 0 fully saturated rings. The molecule has 2 N–H and O–H groups in total. The molecule has 0 aliphatic rings. The molecule has 3 aromatic rings.